The first-order chi connectivity index (χ1) is 9.87. The van der Waals surface area contributed by atoms with Crippen LogP contribution >= 0.6 is 27.7 Å². The summed E-state index contributed by atoms with van der Waals surface area (Å²) >= 11 is 5.86. The lowest BCUT2D eigenvalue weighted by Gasteiger charge is -2.25. The van der Waals surface area contributed by atoms with Crippen LogP contribution in [0.3, 0.4) is 0 Å². The topological polar surface area (TPSA) is 15.3 Å². The van der Waals surface area contributed by atoms with Gasteiger partial charge >= 0.3 is 0 Å². The summed E-state index contributed by atoms with van der Waals surface area (Å²) in [5.74, 6) is 1.20. The molecule has 0 radical (unpaired) electrons. The van der Waals surface area contributed by atoms with E-state index < -0.39 is 0 Å². The van der Waals surface area contributed by atoms with E-state index >= 15 is 0 Å². The minimum Gasteiger partial charge on any atom is -0.370 e. The highest BCUT2D eigenvalue weighted by Gasteiger charge is 2.24. The van der Waals surface area contributed by atoms with Crippen molar-refractivity contribution in [1.29, 1.82) is 0 Å². The van der Waals surface area contributed by atoms with Crippen LogP contribution < -0.4 is 10.2 Å². The first-order valence-electron chi connectivity index (χ1n) is 7.78. The number of rotatable bonds is 4. The lowest BCUT2D eigenvalue weighted by atomic mass is 10.1. The van der Waals surface area contributed by atoms with Crippen molar-refractivity contribution in [2.45, 2.75) is 51.4 Å². The fraction of sp³-hybridized carbons (Fsp3) is 0.647. The zero-order valence-electron chi connectivity index (χ0n) is 13.6. The van der Waals surface area contributed by atoms with E-state index in [4.69, 9.17) is 0 Å². The standard InChI is InChI=1S/C17H27BrN2S/c1-13(2)19-12-14-5-6-16(15(18)11-14)20-8-7-17(3,4)21-10-9-20/h5-6,11,13,19H,7-10,12H2,1-4H3. The van der Waals surface area contributed by atoms with E-state index in [1.54, 1.807) is 0 Å². The van der Waals surface area contributed by atoms with Gasteiger partial charge < -0.3 is 10.2 Å². The molecule has 118 valence electrons. The van der Waals surface area contributed by atoms with Gasteiger partial charge in [-0.15, -0.1) is 0 Å². The number of hydrogen-bond acceptors (Lipinski definition) is 3. The summed E-state index contributed by atoms with van der Waals surface area (Å²) < 4.78 is 1.62. The SMILES string of the molecule is CC(C)NCc1ccc(N2CCSC(C)(C)CC2)c(Br)c1. The summed E-state index contributed by atoms with van der Waals surface area (Å²) in [7, 11) is 0. The molecule has 1 heterocycles. The molecule has 0 aromatic heterocycles. The van der Waals surface area contributed by atoms with E-state index in [1.807, 2.05) is 0 Å². The van der Waals surface area contributed by atoms with Gasteiger partial charge in [-0.1, -0.05) is 33.8 Å². The Morgan fingerprint density at radius 1 is 1.33 bits per heavy atom. The van der Waals surface area contributed by atoms with Gasteiger partial charge in [-0.25, -0.2) is 0 Å². The monoisotopic (exact) mass is 370 g/mol. The van der Waals surface area contributed by atoms with E-state index in [2.05, 4.69) is 83.8 Å². The molecule has 1 N–H and O–H groups in total. The molecule has 0 amide bonds. The Hall–Kier alpha value is -0.190. The molecular formula is C17H27BrN2S. The first kappa shape index (κ1) is 17.2. The zero-order valence-corrected chi connectivity index (χ0v) is 16.0. The van der Waals surface area contributed by atoms with Gasteiger partial charge in [0.25, 0.3) is 0 Å². The maximum atomic E-state index is 3.77. The largest absolute Gasteiger partial charge is 0.370 e. The molecule has 21 heavy (non-hydrogen) atoms. The molecule has 0 saturated carbocycles. The molecular weight excluding hydrogens is 344 g/mol. The van der Waals surface area contributed by atoms with Crippen molar-refractivity contribution in [3.8, 4) is 0 Å². The Kier molecular flexibility index (Phi) is 6.04. The summed E-state index contributed by atoms with van der Waals surface area (Å²) in [6, 6.07) is 7.30. The molecule has 0 atom stereocenters. The van der Waals surface area contributed by atoms with Crippen LogP contribution in [0.1, 0.15) is 39.7 Å². The molecule has 1 aliphatic heterocycles. The molecule has 0 aliphatic carbocycles. The second kappa shape index (κ2) is 7.38. The van der Waals surface area contributed by atoms with Crippen molar-refractivity contribution in [1.82, 2.24) is 5.32 Å². The number of nitrogens with zero attached hydrogens (tertiary/aromatic N) is 1. The third kappa shape index (κ3) is 5.19. The van der Waals surface area contributed by atoms with Crippen LogP contribution in [0.4, 0.5) is 5.69 Å². The van der Waals surface area contributed by atoms with Gasteiger partial charge in [-0.05, 0) is 40.0 Å². The number of thioether (sulfide) groups is 1. The molecule has 0 bridgehead atoms. The molecule has 1 saturated heterocycles. The normalized spacial score (nSPS) is 18.9. The number of anilines is 1. The van der Waals surface area contributed by atoms with Crippen LogP contribution in [-0.2, 0) is 6.54 Å². The Bertz CT molecular complexity index is 474. The van der Waals surface area contributed by atoms with Gasteiger partial charge in [0.05, 0.1) is 5.69 Å². The third-order valence-corrected chi connectivity index (χ3v) is 5.91. The molecule has 4 heteroatoms. The minimum atomic E-state index is 0.405. The summed E-state index contributed by atoms with van der Waals surface area (Å²) in [4.78, 5) is 2.52. The number of halogens is 1. The molecule has 1 aliphatic rings. The molecule has 1 aromatic rings. The van der Waals surface area contributed by atoms with Crippen LogP contribution in [0.5, 0.6) is 0 Å². The molecule has 1 fully saturated rings. The van der Waals surface area contributed by atoms with Crippen molar-refractivity contribution in [3.63, 3.8) is 0 Å². The van der Waals surface area contributed by atoms with Crippen LogP contribution in [0.2, 0.25) is 0 Å². The Balaban J connectivity index is 2.06. The summed E-state index contributed by atoms with van der Waals surface area (Å²) in [6.45, 7) is 12.3. The number of benzene rings is 1. The number of nitrogens with one attached hydrogen (secondary N) is 1. The second-order valence-electron chi connectivity index (χ2n) is 6.67. The fourth-order valence-corrected chi connectivity index (χ4v) is 4.28. The molecule has 1 aromatic carbocycles. The second-order valence-corrected chi connectivity index (χ2v) is 9.32. The lowest BCUT2D eigenvalue weighted by molar-refractivity contribution is 0.588. The van der Waals surface area contributed by atoms with E-state index in [0.29, 0.717) is 10.8 Å². The van der Waals surface area contributed by atoms with Crippen molar-refractivity contribution in [3.05, 3.63) is 28.2 Å². The summed E-state index contributed by atoms with van der Waals surface area (Å²) in [6.07, 6.45) is 1.24. The van der Waals surface area contributed by atoms with Crippen molar-refractivity contribution >= 4 is 33.4 Å². The molecule has 0 unspecified atom stereocenters. The van der Waals surface area contributed by atoms with Crippen LogP contribution in [0.15, 0.2) is 22.7 Å². The van der Waals surface area contributed by atoms with Crippen molar-refractivity contribution in [2.24, 2.45) is 0 Å². The van der Waals surface area contributed by atoms with E-state index in [-0.39, 0.29) is 0 Å². The quantitative estimate of drug-likeness (QED) is 0.828. The van der Waals surface area contributed by atoms with Gasteiger partial charge in [0, 0.05) is 40.6 Å². The van der Waals surface area contributed by atoms with Gasteiger partial charge in [-0.3, -0.25) is 0 Å². The van der Waals surface area contributed by atoms with Gasteiger partial charge in [0.1, 0.15) is 0 Å². The maximum absolute atomic E-state index is 3.77. The highest BCUT2D eigenvalue weighted by atomic mass is 79.9. The first-order valence-corrected chi connectivity index (χ1v) is 9.56. The molecule has 2 nitrogen and oxygen atoms in total. The van der Waals surface area contributed by atoms with Gasteiger partial charge in [0.2, 0.25) is 0 Å². The van der Waals surface area contributed by atoms with E-state index in [9.17, 15) is 0 Å². The highest BCUT2D eigenvalue weighted by molar-refractivity contribution is 9.10. The smallest absolute Gasteiger partial charge is 0.0511 e. The lowest BCUT2D eigenvalue weighted by Crippen LogP contribution is -2.27. The average molecular weight is 371 g/mol. The summed E-state index contributed by atoms with van der Waals surface area (Å²) in [5, 5.41) is 3.47. The fourth-order valence-electron chi connectivity index (χ4n) is 2.50. The Morgan fingerprint density at radius 2 is 2.10 bits per heavy atom. The molecule has 0 spiro atoms. The van der Waals surface area contributed by atoms with Gasteiger partial charge in [-0.2, -0.15) is 11.8 Å². The third-order valence-electron chi connectivity index (χ3n) is 3.91. The predicted molar refractivity (Wildman–Crippen MR) is 99.5 cm³/mol. The predicted octanol–water partition coefficient (Wildman–Crippen LogP) is 4.67. The van der Waals surface area contributed by atoms with Gasteiger partial charge in [0.15, 0.2) is 0 Å². The van der Waals surface area contributed by atoms with Crippen LogP contribution in [0.25, 0.3) is 0 Å². The highest BCUT2D eigenvalue weighted by Crippen LogP contribution is 2.34. The Morgan fingerprint density at radius 3 is 2.76 bits per heavy atom. The summed E-state index contributed by atoms with van der Waals surface area (Å²) in [5.41, 5.74) is 2.67. The van der Waals surface area contributed by atoms with Crippen LogP contribution in [-0.4, -0.2) is 29.6 Å². The van der Waals surface area contributed by atoms with Crippen LogP contribution in [0, 0.1) is 0 Å². The van der Waals surface area contributed by atoms with Crippen molar-refractivity contribution in [2.75, 3.05) is 23.7 Å². The van der Waals surface area contributed by atoms with E-state index in [1.165, 1.54) is 27.9 Å². The van der Waals surface area contributed by atoms with E-state index in [0.717, 1.165) is 19.6 Å². The average Bonchev–Trinajstić information content (AvgIpc) is 2.58. The Labute approximate surface area is 142 Å². The van der Waals surface area contributed by atoms with Crippen molar-refractivity contribution < 1.29 is 0 Å². The maximum Gasteiger partial charge on any atom is 0.0511 e. The molecule has 2 rings (SSSR count). The number of hydrogen-bond donors (Lipinski definition) is 1. The zero-order chi connectivity index (χ0) is 15.5. The minimum absolute atomic E-state index is 0.405.